The Bertz CT molecular complexity index is 625. The molecule has 8 nitrogen and oxygen atoms in total. The molecule has 1 N–H and O–H groups in total. The molecule has 0 aliphatic carbocycles. The molecule has 0 aromatic heterocycles. The monoisotopic (exact) mass is 303 g/mol. The molecule has 5 rings (SSSR count). The van der Waals surface area contributed by atoms with Gasteiger partial charge in [-0.3, -0.25) is 29.8 Å². The zero-order valence-corrected chi connectivity index (χ0v) is 12.1. The molecular formula is C14H17N5O3. The van der Waals surface area contributed by atoms with Gasteiger partial charge in [0.25, 0.3) is 5.69 Å². The number of non-ortho nitro benzene ring substituents is 1. The van der Waals surface area contributed by atoms with E-state index in [-0.39, 0.29) is 17.0 Å². The summed E-state index contributed by atoms with van der Waals surface area (Å²) in [4.78, 5) is 22.1. The molecule has 0 radical (unpaired) electrons. The zero-order chi connectivity index (χ0) is 15.3. The van der Waals surface area contributed by atoms with Crippen LogP contribution in [0.3, 0.4) is 0 Å². The molecule has 4 aliphatic rings. The van der Waals surface area contributed by atoms with Crippen LogP contribution < -0.4 is 0 Å². The van der Waals surface area contributed by atoms with Crippen molar-refractivity contribution in [3.8, 4) is 5.75 Å². The molecule has 8 heteroatoms. The summed E-state index contributed by atoms with van der Waals surface area (Å²) in [5, 5.41) is 20.7. The lowest BCUT2D eigenvalue weighted by Crippen LogP contribution is -2.75. The van der Waals surface area contributed by atoms with Crippen LogP contribution in [0.5, 0.6) is 5.75 Å². The minimum atomic E-state index is -0.468. The van der Waals surface area contributed by atoms with Gasteiger partial charge in [0.1, 0.15) is 5.75 Å². The summed E-state index contributed by atoms with van der Waals surface area (Å²) >= 11 is 0. The number of nitro benzene ring substituents is 1. The fourth-order valence-corrected chi connectivity index (χ4v) is 3.77. The first-order chi connectivity index (χ1) is 10.5. The van der Waals surface area contributed by atoms with E-state index in [0.29, 0.717) is 5.56 Å². The Balaban J connectivity index is 1.62. The quantitative estimate of drug-likeness (QED) is 0.490. The summed E-state index contributed by atoms with van der Waals surface area (Å²) in [5.41, 5.74) is 0.150. The van der Waals surface area contributed by atoms with E-state index in [2.05, 4.69) is 14.7 Å². The van der Waals surface area contributed by atoms with Gasteiger partial charge in [-0.05, 0) is 6.07 Å². The third kappa shape index (κ3) is 2.25. The predicted molar refractivity (Wildman–Crippen MR) is 79.8 cm³/mol. The highest BCUT2D eigenvalue weighted by Crippen LogP contribution is 2.32. The fraction of sp³-hybridized carbons (Fsp3) is 0.500. The van der Waals surface area contributed by atoms with E-state index in [1.54, 1.807) is 6.21 Å². The van der Waals surface area contributed by atoms with E-state index in [9.17, 15) is 15.2 Å². The maximum Gasteiger partial charge on any atom is 0.270 e. The normalized spacial score (nSPS) is 36.1. The second-order valence-electron chi connectivity index (χ2n) is 6.39. The summed E-state index contributed by atoms with van der Waals surface area (Å²) in [5.74, 6) is 0.0139. The first-order valence-corrected chi connectivity index (χ1v) is 7.23. The Morgan fingerprint density at radius 2 is 1.77 bits per heavy atom. The van der Waals surface area contributed by atoms with Crippen LogP contribution in [0.25, 0.3) is 0 Å². The molecule has 0 amide bonds. The second kappa shape index (κ2) is 4.73. The van der Waals surface area contributed by atoms with Gasteiger partial charge in [0.05, 0.1) is 30.5 Å². The van der Waals surface area contributed by atoms with Crippen LogP contribution in [0.2, 0.25) is 0 Å². The highest BCUT2D eigenvalue weighted by Gasteiger charge is 2.48. The van der Waals surface area contributed by atoms with Crippen molar-refractivity contribution >= 4 is 11.9 Å². The van der Waals surface area contributed by atoms with Crippen molar-refractivity contribution in [1.29, 1.82) is 0 Å². The Morgan fingerprint density at radius 3 is 2.32 bits per heavy atom. The van der Waals surface area contributed by atoms with E-state index in [0.717, 1.165) is 39.6 Å². The predicted octanol–water partition coefficient (Wildman–Crippen LogP) is 0.277. The first-order valence-electron chi connectivity index (χ1n) is 7.23. The van der Waals surface area contributed by atoms with E-state index in [4.69, 9.17) is 4.99 Å². The van der Waals surface area contributed by atoms with Crippen molar-refractivity contribution < 1.29 is 10.0 Å². The number of aromatic hydroxyl groups is 1. The molecule has 0 unspecified atom stereocenters. The van der Waals surface area contributed by atoms with Gasteiger partial charge in [0, 0.05) is 43.5 Å². The van der Waals surface area contributed by atoms with Gasteiger partial charge < -0.3 is 5.11 Å². The molecule has 1 aromatic carbocycles. The minimum Gasteiger partial charge on any atom is -0.507 e. The van der Waals surface area contributed by atoms with Gasteiger partial charge in [-0.2, -0.15) is 0 Å². The molecule has 4 saturated heterocycles. The minimum absolute atomic E-state index is 0.0139. The Labute approximate surface area is 127 Å². The van der Waals surface area contributed by atoms with E-state index in [1.165, 1.54) is 18.2 Å². The number of aliphatic imine (C=N–C) groups is 1. The fourth-order valence-electron chi connectivity index (χ4n) is 3.77. The van der Waals surface area contributed by atoms with Crippen LogP contribution in [0.4, 0.5) is 5.69 Å². The van der Waals surface area contributed by atoms with Crippen LogP contribution in [0.1, 0.15) is 5.56 Å². The van der Waals surface area contributed by atoms with Crippen molar-refractivity contribution in [2.45, 2.75) is 5.54 Å². The summed E-state index contributed by atoms with van der Waals surface area (Å²) in [6.45, 7) is 5.63. The maximum atomic E-state index is 10.8. The molecule has 4 bridgehead atoms. The van der Waals surface area contributed by atoms with E-state index >= 15 is 0 Å². The van der Waals surface area contributed by atoms with Crippen LogP contribution in [-0.4, -0.2) is 76.1 Å². The molecule has 0 spiro atoms. The lowest BCUT2D eigenvalue weighted by atomic mass is 9.91. The standard InChI is InChI=1S/C14H17N5O3/c20-13-2-1-12(19(21)22)3-11(13)4-15-14-5-16-8-17(6-14)10-18(7-14)9-16/h1-4,20H,5-10H2. The van der Waals surface area contributed by atoms with Crippen LogP contribution in [0.15, 0.2) is 23.2 Å². The van der Waals surface area contributed by atoms with Gasteiger partial charge in [0.15, 0.2) is 0 Å². The lowest BCUT2D eigenvalue weighted by molar-refractivity contribution is -0.384. The van der Waals surface area contributed by atoms with Crippen LogP contribution in [-0.2, 0) is 0 Å². The zero-order valence-electron chi connectivity index (χ0n) is 12.1. The van der Waals surface area contributed by atoms with Gasteiger partial charge in [-0.25, -0.2) is 0 Å². The number of hydrogen-bond acceptors (Lipinski definition) is 7. The van der Waals surface area contributed by atoms with Gasteiger partial charge >= 0.3 is 0 Å². The summed E-state index contributed by atoms with van der Waals surface area (Å²) < 4.78 is 0. The van der Waals surface area contributed by atoms with Crippen LogP contribution >= 0.6 is 0 Å². The smallest absolute Gasteiger partial charge is 0.270 e. The highest BCUT2D eigenvalue weighted by molar-refractivity contribution is 5.84. The second-order valence-corrected chi connectivity index (χ2v) is 6.39. The average molecular weight is 303 g/mol. The molecule has 0 atom stereocenters. The number of nitrogens with zero attached hydrogens (tertiary/aromatic N) is 5. The number of benzene rings is 1. The molecular weight excluding hydrogens is 286 g/mol. The van der Waals surface area contributed by atoms with Crippen molar-refractivity contribution in [2.24, 2.45) is 4.99 Å². The molecule has 22 heavy (non-hydrogen) atoms. The van der Waals surface area contributed by atoms with Crippen molar-refractivity contribution in [1.82, 2.24) is 14.7 Å². The summed E-state index contributed by atoms with van der Waals surface area (Å²) in [6, 6.07) is 4.00. The van der Waals surface area contributed by atoms with E-state index in [1.807, 2.05) is 0 Å². The van der Waals surface area contributed by atoms with Crippen molar-refractivity contribution in [3.05, 3.63) is 33.9 Å². The summed E-state index contributed by atoms with van der Waals surface area (Å²) in [6.07, 6.45) is 1.58. The molecule has 1 aromatic rings. The summed E-state index contributed by atoms with van der Waals surface area (Å²) in [7, 11) is 0. The average Bonchev–Trinajstić information content (AvgIpc) is 2.44. The topological polar surface area (TPSA) is 85.4 Å². The lowest BCUT2D eigenvalue weighted by Gasteiger charge is -2.59. The van der Waals surface area contributed by atoms with Gasteiger partial charge in [-0.1, -0.05) is 0 Å². The van der Waals surface area contributed by atoms with Crippen LogP contribution in [0, 0.1) is 10.1 Å². The van der Waals surface area contributed by atoms with Gasteiger partial charge in [0.2, 0.25) is 0 Å². The van der Waals surface area contributed by atoms with Crippen molar-refractivity contribution in [3.63, 3.8) is 0 Å². The molecule has 4 fully saturated rings. The SMILES string of the molecule is O=[N+]([O-])c1ccc(O)c(C=NC23CN4CN(CN(C4)C2)C3)c1. The Morgan fingerprint density at radius 1 is 1.18 bits per heavy atom. The number of phenols is 1. The number of nitro groups is 1. The third-order valence-corrected chi connectivity index (χ3v) is 4.45. The Kier molecular flexibility index (Phi) is 2.93. The number of hydrogen-bond donors (Lipinski definition) is 1. The molecule has 4 heterocycles. The number of rotatable bonds is 3. The third-order valence-electron chi connectivity index (χ3n) is 4.45. The molecule has 116 valence electrons. The first kappa shape index (κ1) is 13.6. The maximum absolute atomic E-state index is 10.8. The molecule has 4 aliphatic heterocycles. The van der Waals surface area contributed by atoms with E-state index < -0.39 is 4.92 Å². The van der Waals surface area contributed by atoms with Gasteiger partial charge in [-0.15, -0.1) is 0 Å². The highest BCUT2D eigenvalue weighted by atomic mass is 16.6. The number of phenolic OH excluding ortho intramolecular Hbond substituents is 1. The largest absolute Gasteiger partial charge is 0.507 e. The van der Waals surface area contributed by atoms with Crippen molar-refractivity contribution in [2.75, 3.05) is 39.6 Å². The molecule has 0 saturated carbocycles. The Hall–Kier alpha value is -2.03.